The molecule has 118 valence electrons. The number of halogens is 4. The monoisotopic (exact) mass is 351 g/mol. The normalized spacial score (nSPS) is 21.3. The first-order valence-electron chi connectivity index (χ1n) is 6.16. The highest BCUT2D eigenvalue weighted by Crippen LogP contribution is 2.45. The largest absolute Gasteiger partial charge is 0.477 e. The van der Waals surface area contributed by atoms with Gasteiger partial charge in [-0.3, -0.25) is 0 Å². The zero-order chi connectivity index (χ0) is 16.1. The van der Waals surface area contributed by atoms with Crippen molar-refractivity contribution in [3.05, 3.63) is 33.1 Å². The molecule has 0 saturated carbocycles. The number of aromatic nitrogens is 2. The number of rotatable bonds is 2. The molecule has 0 amide bonds. The third kappa shape index (κ3) is 2.54. The molecule has 0 aromatic carbocycles. The Hall–Kier alpha value is -1.74. The van der Waals surface area contributed by atoms with Crippen LogP contribution in [0, 0.1) is 0 Å². The Morgan fingerprint density at radius 3 is 2.77 bits per heavy atom. The highest BCUT2D eigenvalue weighted by Gasteiger charge is 2.47. The number of anilines is 1. The summed E-state index contributed by atoms with van der Waals surface area (Å²) in [6, 6.07) is 0.662. The fraction of sp³-hybridized carbons (Fsp3) is 0.333. The van der Waals surface area contributed by atoms with Crippen molar-refractivity contribution in [3.63, 3.8) is 0 Å². The smallest absolute Gasteiger partial charge is 0.410 e. The van der Waals surface area contributed by atoms with Gasteiger partial charge in [0, 0.05) is 11.3 Å². The topological polar surface area (TPSA) is 67.1 Å². The molecule has 0 aliphatic carbocycles. The SMILES string of the molecule is O=C(O)c1cnn2c1NC(c1ccc(Cl)s1)CC2C(F)(F)F. The van der Waals surface area contributed by atoms with Crippen molar-refractivity contribution in [2.24, 2.45) is 0 Å². The maximum atomic E-state index is 13.3. The number of hydrogen-bond acceptors (Lipinski definition) is 4. The number of carboxylic acid groups (broad SMARTS) is 1. The molecule has 3 rings (SSSR count). The lowest BCUT2D eigenvalue weighted by Crippen LogP contribution is -2.35. The molecule has 10 heteroatoms. The Bertz CT molecular complexity index is 728. The second-order valence-electron chi connectivity index (χ2n) is 4.79. The second kappa shape index (κ2) is 5.17. The number of aromatic carboxylic acids is 1. The van der Waals surface area contributed by atoms with E-state index in [9.17, 15) is 18.0 Å². The van der Waals surface area contributed by atoms with Crippen LogP contribution in [0.15, 0.2) is 18.3 Å². The summed E-state index contributed by atoms with van der Waals surface area (Å²) in [4.78, 5) is 11.8. The van der Waals surface area contributed by atoms with Crippen molar-refractivity contribution in [1.29, 1.82) is 0 Å². The van der Waals surface area contributed by atoms with Crippen LogP contribution in [-0.2, 0) is 0 Å². The molecule has 3 heterocycles. The van der Waals surface area contributed by atoms with Crippen LogP contribution in [0.25, 0.3) is 0 Å². The number of hydrogen-bond donors (Lipinski definition) is 2. The molecule has 1 aliphatic heterocycles. The van der Waals surface area contributed by atoms with Gasteiger partial charge in [0.2, 0.25) is 0 Å². The van der Waals surface area contributed by atoms with Crippen LogP contribution in [0.2, 0.25) is 4.34 Å². The van der Waals surface area contributed by atoms with Gasteiger partial charge < -0.3 is 10.4 Å². The molecule has 2 aromatic rings. The predicted molar refractivity (Wildman–Crippen MR) is 74.6 cm³/mol. The maximum Gasteiger partial charge on any atom is 0.410 e. The summed E-state index contributed by atoms with van der Waals surface area (Å²) < 4.78 is 40.9. The van der Waals surface area contributed by atoms with E-state index < -0.39 is 24.2 Å². The number of nitrogens with one attached hydrogen (secondary N) is 1. The Balaban J connectivity index is 2.06. The highest BCUT2D eigenvalue weighted by atomic mass is 35.5. The van der Waals surface area contributed by atoms with E-state index in [-0.39, 0.29) is 17.8 Å². The van der Waals surface area contributed by atoms with Crippen molar-refractivity contribution in [2.75, 3.05) is 5.32 Å². The molecule has 2 aromatic heterocycles. The zero-order valence-corrected chi connectivity index (χ0v) is 12.3. The van der Waals surface area contributed by atoms with Crippen LogP contribution in [0.3, 0.4) is 0 Å². The second-order valence-corrected chi connectivity index (χ2v) is 6.54. The molecule has 2 N–H and O–H groups in total. The highest BCUT2D eigenvalue weighted by molar-refractivity contribution is 7.16. The molecule has 1 aliphatic rings. The van der Waals surface area contributed by atoms with Crippen LogP contribution in [0.1, 0.15) is 33.7 Å². The first kappa shape index (κ1) is 15.2. The molecule has 0 radical (unpaired) electrons. The van der Waals surface area contributed by atoms with E-state index in [1.165, 1.54) is 0 Å². The zero-order valence-electron chi connectivity index (χ0n) is 10.8. The van der Waals surface area contributed by atoms with Crippen molar-refractivity contribution >= 4 is 34.7 Å². The van der Waals surface area contributed by atoms with Gasteiger partial charge in [-0.15, -0.1) is 11.3 Å². The fourth-order valence-corrected chi connectivity index (χ4v) is 3.55. The molecule has 0 spiro atoms. The first-order chi connectivity index (χ1) is 10.3. The minimum Gasteiger partial charge on any atom is -0.477 e. The van der Waals surface area contributed by atoms with Crippen LogP contribution >= 0.6 is 22.9 Å². The molecule has 0 fully saturated rings. The van der Waals surface area contributed by atoms with Crippen molar-refractivity contribution in [2.45, 2.75) is 24.7 Å². The Labute approximate surface area is 131 Å². The van der Waals surface area contributed by atoms with Gasteiger partial charge in [0.25, 0.3) is 0 Å². The first-order valence-corrected chi connectivity index (χ1v) is 7.36. The quantitative estimate of drug-likeness (QED) is 0.859. The standard InChI is InChI=1S/C12H9ClF3N3O2S/c13-9-2-1-7(22-9)6-3-8(12(14,15)16)19-10(18-6)5(4-17-19)11(20)21/h1-2,4,6,8,18H,3H2,(H,20,21). The van der Waals surface area contributed by atoms with Gasteiger partial charge in [0.1, 0.15) is 11.4 Å². The van der Waals surface area contributed by atoms with Gasteiger partial charge in [0.05, 0.1) is 16.6 Å². The number of fused-ring (bicyclic) bond motifs is 1. The predicted octanol–water partition coefficient (Wildman–Crippen LogP) is 3.96. The summed E-state index contributed by atoms with van der Waals surface area (Å²) in [5.74, 6) is -1.48. The maximum absolute atomic E-state index is 13.3. The summed E-state index contributed by atoms with van der Waals surface area (Å²) in [6.07, 6.45) is -3.89. The minimum atomic E-state index is -4.53. The van der Waals surface area contributed by atoms with Gasteiger partial charge in [0.15, 0.2) is 6.04 Å². The molecule has 22 heavy (non-hydrogen) atoms. The Kier molecular flexibility index (Phi) is 3.56. The Morgan fingerprint density at radius 2 is 2.23 bits per heavy atom. The third-order valence-electron chi connectivity index (χ3n) is 3.41. The number of nitrogens with zero attached hydrogens (tertiary/aromatic N) is 2. The third-order valence-corrected chi connectivity index (χ3v) is 4.75. The van der Waals surface area contributed by atoms with Crippen molar-refractivity contribution in [3.8, 4) is 0 Å². The number of carbonyl (C=O) groups is 1. The molecular formula is C12H9ClF3N3O2S. The van der Waals surface area contributed by atoms with Crippen LogP contribution < -0.4 is 5.32 Å². The number of thiophene rings is 1. The van der Waals surface area contributed by atoms with Crippen molar-refractivity contribution in [1.82, 2.24) is 9.78 Å². The van der Waals surface area contributed by atoms with Crippen LogP contribution in [0.4, 0.5) is 19.0 Å². The molecular weight excluding hydrogens is 343 g/mol. The molecule has 0 bridgehead atoms. The van der Waals surface area contributed by atoms with Gasteiger partial charge in [-0.2, -0.15) is 18.3 Å². The van der Waals surface area contributed by atoms with Crippen molar-refractivity contribution < 1.29 is 23.1 Å². The van der Waals surface area contributed by atoms with E-state index in [1.54, 1.807) is 12.1 Å². The lowest BCUT2D eigenvalue weighted by molar-refractivity contribution is -0.173. The molecule has 5 nitrogen and oxygen atoms in total. The van der Waals surface area contributed by atoms with Crippen LogP contribution in [-0.4, -0.2) is 27.0 Å². The van der Waals surface area contributed by atoms with E-state index >= 15 is 0 Å². The van der Waals surface area contributed by atoms with Gasteiger partial charge in [-0.25, -0.2) is 9.48 Å². The van der Waals surface area contributed by atoms with E-state index in [0.717, 1.165) is 17.5 Å². The summed E-state index contributed by atoms with van der Waals surface area (Å²) in [5.41, 5.74) is -0.290. The van der Waals surface area contributed by atoms with Crippen LogP contribution in [0.5, 0.6) is 0 Å². The minimum absolute atomic E-state index is 0.143. The number of alkyl halides is 3. The van der Waals surface area contributed by atoms with Gasteiger partial charge in [-0.05, 0) is 12.1 Å². The lowest BCUT2D eigenvalue weighted by Gasteiger charge is -2.33. The van der Waals surface area contributed by atoms with E-state index in [0.29, 0.717) is 13.9 Å². The molecule has 2 unspecified atom stereocenters. The van der Waals surface area contributed by atoms with E-state index in [4.69, 9.17) is 16.7 Å². The average Bonchev–Trinajstić information content (AvgIpc) is 3.02. The summed E-state index contributed by atoms with van der Waals surface area (Å²) in [5, 5.41) is 15.5. The molecule has 0 saturated heterocycles. The van der Waals surface area contributed by atoms with E-state index in [1.807, 2.05) is 0 Å². The summed E-state index contributed by atoms with van der Waals surface area (Å²) in [6.45, 7) is 0. The average molecular weight is 352 g/mol. The number of carboxylic acids is 1. The van der Waals surface area contributed by atoms with E-state index in [2.05, 4.69) is 10.4 Å². The molecule has 2 atom stereocenters. The Morgan fingerprint density at radius 1 is 1.50 bits per heavy atom. The van der Waals surface area contributed by atoms with Gasteiger partial charge in [-0.1, -0.05) is 11.6 Å². The fourth-order valence-electron chi connectivity index (χ4n) is 2.42. The van der Waals surface area contributed by atoms with Gasteiger partial charge >= 0.3 is 12.1 Å². The summed E-state index contributed by atoms with van der Waals surface area (Å²) in [7, 11) is 0. The summed E-state index contributed by atoms with van der Waals surface area (Å²) >= 11 is 6.98. The lowest BCUT2D eigenvalue weighted by atomic mass is 10.0.